The topological polar surface area (TPSA) is 117 Å². The average Bonchev–Trinajstić information content (AvgIpc) is 2.68. The molecule has 0 bridgehead atoms. The van der Waals surface area contributed by atoms with Crippen LogP contribution in [-0.4, -0.2) is 36.2 Å². The summed E-state index contributed by atoms with van der Waals surface area (Å²) >= 11 is 0. The van der Waals surface area contributed by atoms with Gasteiger partial charge in [-0.05, 0) is 19.4 Å². The highest BCUT2D eigenvalue weighted by atomic mass is 16.5. The molecule has 29 heavy (non-hydrogen) atoms. The number of phenols is 1. The van der Waals surface area contributed by atoms with Gasteiger partial charge in [0.25, 0.3) is 0 Å². The van der Waals surface area contributed by atoms with Gasteiger partial charge in [-0.1, -0.05) is 44.4 Å². The smallest absolute Gasteiger partial charge is 0.338 e. The number of ether oxygens (including phenoxy) is 1. The third kappa shape index (κ3) is 6.23. The van der Waals surface area contributed by atoms with Crippen LogP contribution >= 0.6 is 0 Å². The van der Waals surface area contributed by atoms with E-state index in [1.54, 1.807) is 25.1 Å². The summed E-state index contributed by atoms with van der Waals surface area (Å²) in [5.74, 6) is -1.81. The lowest BCUT2D eigenvalue weighted by atomic mass is 9.85. The zero-order valence-electron chi connectivity index (χ0n) is 16.9. The monoisotopic (exact) mass is 403 g/mol. The van der Waals surface area contributed by atoms with Crippen LogP contribution in [0.2, 0.25) is 0 Å². The molecule has 0 aliphatic carbocycles. The molecule has 8 heteroatoms. The lowest BCUT2D eigenvalue weighted by molar-refractivity contribution is -0.139. The second kappa shape index (κ2) is 11.1. The molecule has 0 radical (unpaired) electrons. The van der Waals surface area contributed by atoms with Crippen LogP contribution < -0.4 is 16.0 Å². The first-order chi connectivity index (χ1) is 14.0. The quantitative estimate of drug-likeness (QED) is 0.374. The molecule has 3 amide bonds. The van der Waals surface area contributed by atoms with Gasteiger partial charge in [-0.3, -0.25) is 10.1 Å². The van der Waals surface area contributed by atoms with Crippen LogP contribution in [0, 0.1) is 0 Å². The van der Waals surface area contributed by atoms with Crippen molar-refractivity contribution in [2.24, 2.45) is 0 Å². The van der Waals surface area contributed by atoms with Crippen LogP contribution in [0.3, 0.4) is 0 Å². The number of unbranched alkanes of at least 4 members (excludes halogenated alkanes) is 3. The molecule has 0 saturated heterocycles. The van der Waals surface area contributed by atoms with Crippen LogP contribution in [0.5, 0.6) is 5.75 Å². The van der Waals surface area contributed by atoms with Crippen molar-refractivity contribution < 1.29 is 24.2 Å². The van der Waals surface area contributed by atoms with E-state index in [2.05, 4.69) is 22.9 Å². The van der Waals surface area contributed by atoms with Gasteiger partial charge in [-0.15, -0.1) is 0 Å². The fraction of sp³-hybridized carbons (Fsp3) is 0.476. The number of carbonyl (C=O) groups excluding carboxylic acids is 3. The second-order valence-electron chi connectivity index (χ2n) is 6.81. The van der Waals surface area contributed by atoms with Gasteiger partial charge in [-0.2, -0.15) is 0 Å². The first kappa shape index (κ1) is 22.3. The van der Waals surface area contributed by atoms with Crippen molar-refractivity contribution in [1.29, 1.82) is 0 Å². The molecule has 1 atom stereocenters. The summed E-state index contributed by atoms with van der Waals surface area (Å²) in [4.78, 5) is 37.2. The van der Waals surface area contributed by atoms with Crippen molar-refractivity contribution >= 4 is 17.9 Å². The molecule has 1 aliphatic heterocycles. The molecular weight excluding hydrogens is 374 g/mol. The van der Waals surface area contributed by atoms with Gasteiger partial charge in [0.1, 0.15) is 11.6 Å². The highest BCUT2D eigenvalue weighted by Gasteiger charge is 2.36. The lowest BCUT2D eigenvalue weighted by Gasteiger charge is -2.28. The van der Waals surface area contributed by atoms with Crippen molar-refractivity contribution in [1.82, 2.24) is 16.0 Å². The number of urea groups is 1. The number of para-hydroxylation sites is 1. The van der Waals surface area contributed by atoms with E-state index in [-0.39, 0.29) is 36.1 Å². The van der Waals surface area contributed by atoms with Gasteiger partial charge >= 0.3 is 12.0 Å². The minimum atomic E-state index is -0.733. The molecule has 158 valence electrons. The van der Waals surface area contributed by atoms with Crippen LogP contribution in [0.15, 0.2) is 35.7 Å². The second-order valence-corrected chi connectivity index (χ2v) is 6.81. The van der Waals surface area contributed by atoms with E-state index in [4.69, 9.17) is 4.74 Å². The number of nitrogens with one attached hydrogen (secondary N) is 3. The fourth-order valence-corrected chi connectivity index (χ4v) is 3.23. The van der Waals surface area contributed by atoms with E-state index in [0.29, 0.717) is 12.1 Å². The Hall–Kier alpha value is -3.03. The van der Waals surface area contributed by atoms with E-state index in [0.717, 1.165) is 25.7 Å². The number of rotatable bonds is 9. The SMILES string of the molecule is CCCCCCNC(=O)NC1=C(C(=O)OCC)C(c2ccccc2O)CC(=O)N1. The Balaban J connectivity index is 2.26. The number of carbonyl (C=O) groups is 3. The molecule has 0 spiro atoms. The summed E-state index contributed by atoms with van der Waals surface area (Å²) in [6, 6.07) is 5.97. The molecule has 1 aliphatic rings. The molecule has 1 aromatic carbocycles. The summed E-state index contributed by atoms with van der Waals surface area (Å²) in [5, 5.41) is 18.1. The summed E-state index contributed by atoms with van der Waals surface area (Å²) in [7, 11) is 0. The Bertz CT molecular complexity index is 775. The molecule has 4 N–H and O–H groups in total. The van der Waals surface area contributed by atoms with Crippen LogP contribution in [0.4, 0.5) is 4.79 Å². The summed E-state index contributed by atoms with van der Waals surface area (Å²) in [6.07, 6.45) is 4.01. The van der Waals surface area contributed by atoms with E-state index in [1.165, 1.54) is 6.07 Å². The van der Waals surface area contributed by atoms with Gasteiger partial charge in [0.15, 0.2) is 0 Å². The Kier molecular flexibility index (Phi) is 8.51. The third-order valence-corrected chi connectivity index (χ3v) is 4.63. The van der Waals surface area contributed by atoms with Gasteiger partial charge in [0.05, 0.1) is 12.2 Å². The fourth-order valence-electron chi connectivity index (χ4n) is 3.23. The molecular formula is C21H29N3O5. The van der Waals surface area contributed by atoms with E-state index in [1.807, 2.05) is 0 Å². The Labute approximate surface area is 170 Å². The van der Waals surface area contributed by atoms with Crippen LogP contribution in [0.25, 0.3) is 0 Å². The minimum absolute atomic E-state index is 0.0148. The largest absolute Gasteiger partial charge is 0.508 e. The highest BCUT2D eigenvalue weighted by molar-refractivity contribution is 5.97. The molecule has 0 fully saturated rings. The molecule has 1 unspecified atom stereocenters. The standard InChI is InChI=1S/C21H29N3O5/c1-3-5-6-9-12-22-21(28)24-19-18(20(27)29-4-2)15(13-17(26)23-19)14-10-7-8-11-16(14)25/h7-8,10-11,15,25H,3-6,9,12-13H2,1-2H3,(H,23,26)(H2,22,24,28). The number of hydrogen-bond acceptors (Lipinski definition) is 5. The first-order valence-corrected chi connectivity index (χ1v) is 10.0. The normalized spacial score (nSPS) is 16.2. The predicted molar refractivity (Wildman–Crippen MR) is 108 cm³/mol. The minimum Gasteiger partial charge on any atom is -0.508 e. The van der Waals surface area contributed by atoms with Gasteiger partial charge < -0.3 is 20.5 Å². The predicted octanol–water partition coefficient (Wildman–Crippen LogP) is 2.65. The molecule has 2 rings (SSSR count). The van der Waals surface area contributed by atoms with Crippen molar-refractivity contribution in [3.8, 4) is 5.75 Å². The summed E-state index contributed by atoms with van der Waals surface area (Å²) in [5.41, 5.74) is 0.527. The van der Waals surface area contributed by atoms with Gasteiger partial charge in [0.2, 0.25) is 5.91 Å². The molecule has 8 nitrogen and oxygen atoms in total. The van der Waals surface area contributed by atoms with Crippen LogP contribution in [0.1, 0.15) is 57.4 Å². The number of hydrogen-bond donors (Lipinski definition) is 4. The molecule has 1 heterocycles. The lowest BCUT2D eigenvalue weighted by Crippen LogP contribution is -2.46. The number of phenolic OH excluding ortho intramolecular Hbond substituents is 1. The maximum absolute atomic E-state index is 12.6. The highest BCUT2D eigenvalue weighted by Crippen LogP contribution is 2.37. The maximum Gasteiger partial charge on any atom is 0.338 e. The zero-order chi connectivity index (χ0) is 21.2. The Morgan fingerprint density at radius 1 is 1.21 bits per heavy atom. The van der Waals surface area contributed by atoms with Crippen molar-refractivity contribution in [3.05, 3.63) is 41.2 Å². The summed E-state index contributed by atoms with van der Waals surface area (Å²) < 4.78 is 5.14. The van der Waals surface area contributed by atoms with E-state index < -0.39 is 17.9 Å². The molecule has 1 aromatic rings. The zero-order valence-corrected chi connectivity index (χ0v) is 16.9. The Morgan fingerprint density at radius 3 is 2.66 bits per heavy atom. The van der Waals surface area contributed by atoms with E-state index >= 15 is 0 Å². The third-order valence-electron chi connectivity index (χ3n) is 4.63. The molecule has 0 aromatic heterocycles. The number of benzene rings is 1. The Morgan fingerprint density at radius 2 is 1.97 bits per heavy atom. The van der Waals surface area contributed by atoms with E-state index in [9.17, 15) is 19.5 Å². The molecule has 0 saturated carbocycles. The van der Waals surface area contributed by atoms with Gasteiger partial charge in [0, 0.05) is 24.4 Å². The number of aromatic hydroxyl groups is 1. The van der Waals surface area contributed by atoms with Crippen molar-refractivity contribution in [2.75, 3.05) is 13.2 Å². The maximum atomic E-state index is 12.6. The average molecular weight is 403 g/mol. The number of esters is 1. The van der Waals surface area contributed by atoms with Crippen LogP contribution in [-0.2, 0) is 14.3 Å². The van der Waals surface area contributed by atoms with Crippen molar-refractivity contribution in [3.63, 3.8) is 0 Å². The summed E-state index contributed by atoms with van der Waals surface area (Å²) in [6.45, 7) is 4.41. The van der Waals surface area contributed by atoms with Crippen molar-refractivity contribution in [2.45, 2.75) is 51.9 Å². The first-order valence-electron chi connectivity index (χ1n) is 10.0. The van der Waals surface area contributed by atoms with Gasteiger partial charge in [-0.25, -0.2) is 9.59 Å². The number of amides is 3.